The smallest absolute Gasteiger partial charge is 0.231 e. The Balaban J connectivity index is 1.45. The van der Waals surface area contributed by atoms with Gasteiger partial charge in [0.05, 0.1) is 6.61 Å². The first-order chi connectivity index (χ1) is 15.7. The van der Waals surface area contributed by atoms with Gasteiger partial charge in [-0.25, -0.2) is 4.39 Å². The van der Waals surface area contributed by atoms with Gasteiger partial charge in [0, 0.05) is 30.7 Å². The van der Waals surface area contributed by atoms with Crippen LogP contribution in [0.2, 0.25) is 0 Å². The normalized spacial score (nSPS) is 20.1. The molecule has 0 spiro atoms. The topological polar surface area (TPSA) is 60.0 Å². The second-order valence-corrected chi connectivity index (χ2v) is 8.44. The molecule has 2 aliphatic heterocycles. The van der Waals surface area contributed by atoms with E-state index in [-0.39, 0.29) is 25.1 Å². The third-order valence-corrected chi connectivity index (χ3v) is 6.19. The summed E-state index contributed by atoms with van der Waals surface area (Å²) < 4.78 is 30.8. The summed E-state index contributed by atoms with van der Waals surface area (Å²) >= 11 is 0. The van der Waals surface area contributed by atoms with Gasteiger partial charge in [-0.1, -0.05) is 30.7 Å². The molecule has 2 heterocycles. The van der Waals surface area contributed by atoms with Crippen molar-refractivity contribution in [1.29, 1.82) is 0 Å². The number of hydrogen-bond acceptors (Lipinski definition) is 5. The van der Waals surface area contributed by atoms with E-state index in [1.165, 1.54) is 12.1 Å². The number of hydrogen-bond donors (Lipinski definition) is 2. The Labute approximate surface area is 189 Å². The molecular formula is C26H32FNO4. The van der Waals surface area contributed by atoms with Gasteiger partial charge in [-0.05, 0) is 61.9 Å². The minimum atomic E-state index is -0.205. The molecule has 2 N–H and O–H groups in total. The highest BCUT2D eigenvalue weighted by molar-refractivity contribution is 5.64. The van der Waals surface area contributed by atoms with Gasteiger partial charge in [0.1, 0.15) is 11.6 Å². The van der Waals surface area contributed by atoms with Crippen molar-refractivity contribution in [2.75, 3.05) is 33.1 Å². The molecule has 0 saturated carbocycles. The maximum atomic E-state index is 13.4. The predicted molar refractivity (Wildman–Crippen MR) is 123 cm³/mol. The number of unbranched alkanes of at least 4 members (excludes halogenated alkanes) is 3. The Kier molecular flexibility index (Phi) is 8.02. The number of benzene rings is 2. The molecule has 2 atom stereocenters. The van der Waals surface area contributed by atoms with Crippen LogP contribution >= 0.6 is 0 Å². The van der Waals surface area contributed by atoms with E-state index >= 15 is 0 Å². The van der Waals surface area contributed by atoms with Gasteiger partial charge in [-0.15, -0.1) is 0 Å². The highest BCUT2D eigenvalue weighted by Gasteiger charge is 2.27. The fourth-order valence-electron chi connectivity index (χ4n) is 4.40. The summed E-state index contributed by atoms with van der Waals surface area (Å²) in [6.07, 6.45) is 9.08. The second kappa shape index (κ2) is 11.3. The lowest BCUT2D eigenvalue weighted by Gasteiger charge is -2.32. The Morgan fingerprint density at radius 3 is 2.72 bits per heavy atom. The lowest BCUT2D eigenvalue weighted by molar-refractivity contribution is 0.173. The van der Waals surface area contributed by atoms with Crippen LogP contribution in [0.3, 0.4) is 0 Å². The molecule has 0 aromatic heterocycles. The molecule has 0 aliphatic carbocycles. The largest absolute Gasteiger partial charge is 0.492 e. The summed E-state index contributed by atoms with van der Waals surface area (Å²) in [5.41, 5.74) is 2.13. The van der Waals surface area contributed by atoms with Crippen LogP contribution < -0.4 is 19.5 Å². The Hall–Kier alpha value is -2.57. The number of ether oxygens (including phenoxy) is 3. The second-order valence-electron chi connectivity index (χ2n) is 8.44. The highest BCUT2D eigenvalue weighted by atomic mass is 19.1. The van der Waals surface area contributed by atoms with Gasteiger partial charge in [-0.3, -0.25) is 0 Å². The van der Waals surface area contributed by atoms with Crippen LogP contribution in [-0.2, 0) is 0 Å². The summed E-state index contributed by atoms with van der Waals surface area (Å²) in [4.78, 5) is 0. The molecule has 172 valence electrons. The fourth-order valence-corrected chi connectivity index (χ4v) is 4.40. The maximum Gasteiger partial charge on any atom is 0.231 e. The molecule has 0 unspecified atom stereocenters. The summed E-state index contributed by atoms with van der Waals surface area (Å²) in [5, 5.41) is 12.4. The number of aliphatic hydroxyl groups excluding tert-OH is 1. The zero-order valence-electron chi connectivity index (χ0n) is 18.4. The lowest BCUT2D eigenvalue weighted by atomic mass is 9.81. The Morgan fingerprint density at radius 2 is 1.91 bits per heavy atom. The number of rotatable bonds is 10. The van der Waals surface area contributed by atoms with Crippen molar-refractivity contribution < 1.29 is 23.7 Å². The van der Waals surface area contributed by atoms with Crippen LogP contribution in [0.1, 0.15) is 49.1 Å². The van der Waals surface area contributed by atoms with Gasteiger partial charge in [-0.2, -0.15) is 0 Å². The monoisotopic (exact) mass is 441 g/mol. The zero-order valence-corrected chi connectivity index (χ0v) is 18.4. The molecule has 2 aromatic rings. The van der Waals surface area contributed by atoms with Crippen LogP contribution in [0.5, 0.6) is 17.2 Å². The van der Waals surface area contributed by atoms with Crippen molar-refractivity contribution in [2.24, 2.45) is 5.92 Å². The summed E-state index contributed by atoms with van der Waals surface area (Å²) in [7, 11) is 0. The quantitative estimate of drug-likeness (QED) is 0.514. The van der Waals surface area contributed by atoms with Crippen LogP contribution in [0.15, 0.2) is 42.5 Å². The van der Waals surface area contributed by atoms with E-state index in [1.807, 2.05) is 24.3 Å². The lowest BCUT2D eigenvalue weighted by Crippen LogP contribution is -2.38. The predicted octanol–water partition coefficient (Wildman–Crippen LogP) is 4.89. The number of allylic oxidation sites excluding steroid dienone is 1. The number of fused-ring (bicyclic) bond motifs is 1. The van der Waals surface area contributed by atoms with Crippen molar-refractivity contribution in [2.45, 2.75) is 38.0 Å². The molecule has 4 rings (SSSR count). The van der Waals surface area contributed by atoms with E-state index in [2.05, 4.69) is 17.5 Å². The molecule has 32 heavy (non-hydrogen) atoms. The molecular weight excluding hydrogens is 409 g/mol. The molecule has 1 fully saturated rings. The average Bonchev–Trinajstić information content (AvgIpc) is 3.28. The van der Waals surface area contributed by atoms with E-state index in [0.717, 1.165) is 67.8 Å². The van der Waals surface area contributed by atoms with Gasteiger partial charge in [0.2, 0.25) is 6.79 Å². The molecule has 2 aromatic carbocycles. The van der Waals surface area contributed by atoms with Gasteiger partial charge in [0.15, 0.2) is 11.5 Å². The minimum absolute atomic E-state index is 0.205. The molecule has 6 heteroatoms. The molecule has 1 saturated heterocycles. The number of halogens is 1. The van der Waals surface area contributed by atoms with Crippen LogP contribution in [0, 0.1) is 11.7 Å². The molecule has 5 nitrogen and oxygen atoms in total. The van der Waals surface area contributed by atoms with E-state index < -0.39 is 0 Å². The summed E-state index contributed by atoms with van der Waals surface area (Å²) in [6.45, 7) is 2.85. The van der Waals surface area contributed by atoms with Crippen LogP contribution in [0.25, 0.3) is 6.08 Å². The summed E-state index contributed by atoms with van der Waals surface area (Å²) in [6, 6.07) is 10.7. The third-order valence-electron chi connectivity index (χ3n) is 6.19. The van der Waals surface area contributed by atoms with Crippen LogP contribution in [-0.4, -0.2) is 38.2 Å². The van der Waals surface area contributed by atoms with Crippen molar-refractivity contribution in [1.82, 2.24) is 5.32 Å². The number of piperidine rings is 1. The SMILES string of the molecule is OCCCCC/C=C/c1cc2c(cc1OC[C@@H]1CNCC[C@H]1c1ccc(F)cc1)OCO2. The zero-order chi connectivity index (χ0) is 22.2. The van der Waals surface area contributed by atoms with Crippen molar-refractivity contribution in [3.8, 4) is 17.2 Å². The number of aliphatic hydroxyl groups is 1. The van der Waals surface area contributed by atoms with E-state index in [0.29, 0.717) is 18.3 Å². The summed E-state index contributed by atoms with van der Waals surface area (Å²) in [5.74, 6) is 2.64. The van der Waals surface area contributed by atoms with Crippen LogP contribution in [0.4, 0.5) is 4.39 Å². The third kappa shape index (κ3) is 5.81. The fraction of sp³-hybridized carbons (Fsp3) is 0.462. The first-order valence-electron chi connectivity index (χ1n) is 11.5. The van der Waals surface area contributed by atoms with Gasteiger partial charge in [0.25, 0.3) is 0 Å². The Morgan fingerprint density at radius 1 is 1.09 bits per heavy atom. The maximum absolute atomic E-state index is 13.4. The standard InChI is InChI=1S/C26H32FNO4/c27-22-9-7-19(8-10-22)23-11-12-28-16-21(23)17-30-24-15-26-25(31-18-32-26)14-20(24)6-4-2-1-3-5-13-29/h4,6-10,14-15,21,23,28-29H,1-3,5,11-13,16-18H2/b6-4+/t21-,23-/m0/s1. The van der Waals surface area contributed by atoms with Crippen molar-refractivity contribution in [3.05, 3.63) is 59.4 Å². The highest BCUT2D eigenvalue weighted by Crippen LogP contribution is 2.39. The molecule has 0 radical (unpaired) electrons. The Bertz CT molecular complexity index is 899. The van der Waals surface area contributed by atoms with Crippen molar-refractivity contribution >= 4 is 6.08 Å². The van der Waals surface area contributed by atoms with E-state index in [1.54, 1.807) is 0 Å². The molecule has 0 amide bonds. The van der Waals surface area contributed by atoms with E-state index in [4.69, 9.17) is 19.3 Å². The average molecular weight is 442 g/mol. The minimum Gasteiger partial charge on any atom is -0.492 e. The first kappa shape index (κ1) is 22.6. The molecule has 0 bridgehead atoms. The first-order valence-corrected chi connectivity index (χ1v) is 11.5. The van der Waals surface area contributed by atoms with Gasteiger partial charge >= 0.3 is 0 Å². The van der Waals surface area contributed by atoms with Gasteiger partial charge < -0.3 is 24.6 Å². The molecule has 2 aliphatic rings. The van der Waals surface area contributed by atoms with E-state index in [9.17, 15) is 4.39 Å². The number of nitrogens with one attached hydrogen (secondary N) is 1. The van der Waals surface area contributed by atoms with Crippen molar-refractivity contribution in [3.63, 3.8) is 0 Å².